The molecule has 0 amide bonds. The minimum atomic E-state index is 0.546. The fourth-order valence-electron chi connectivity index (χ4n) is 1.83. The molecule has 0 aromatic rings. The highest BCUT2D eigenvalue weighted by molar-refractivity contribution is 4.49. The molecular weight excluding hydrogens is 312 g/mol. The van der Waals surface area contributed by atoms with Gasteiger partial charge in [-0.1, -0.05) is 13.3 Å². The second-order valence-corrected chi connectivity index (χ2v) is 5.51. The molecule has 0 radical (unpaired) electrons. The summed E-state index contributed by atoms with van der Waals surface area (Å²) in [5, 5.41) is 0. The number of hydrogen-bond donors (Lipinski definition) is 1. The van der Waals surface area contributed by atoms with Crippen LogP contribution in [-0.2, 0) is 23.7 Å². The van der Waals surface area contributed by atoms with E-state index in [0.29, 0.717) is 66.0 Å². The molecule has 0 spiro atoms. The van der Waals surface area contributed by atoms with Crippen LogP contribution in [0.15, 0.2) is 0 Å². The van der Waals surface area contributed by atoms with E-state index in [0.717, 1.165) is 19.7 Å². The van der Waals surface area contributed by atoms with Crippen molar-refractivity contribution < 1.29 is 23.7 Å². The van der Waals surface area contributed by atoms with Crippen LogP contribution in [0.25, 0.3) is 0 Å². The molecule has 0 fully saturated rings. The molecule has 0 bridgehead atoms. The quantitative estimate of drug-likeness (QED) is 0.325. The van der Waals surface area contributed by atoms with Gasteiger partial charge in [-0.3, -0.25) is 0 Å². The molecule has 24 heavy (non-hydrogen) atoms. The number of rotatable bonds is 20. The summed E-state index contributed by atoms with van der Waals surface area (Å²) < 4.78 is 26.9. The topological polar surface area (TPSA) is 75.4 Å². The van der Waals surface area contributed by atoms with Crippen LogP contribution in [0.4, 0.5) is 0 Å². The first kappa shape index (κ1) is 23.7. The van der Waals surface area contributed by atoms with Crippen LogP contribution in [-0.4, -0.2) is 97.7 Å². The molecule has 0 saturated carbocycles. The van der Waals surface area contributed by atoms with Crippen molar-refractivity contribution in [2.24, 2.45) is 5.73 Å². The Bertz CT molecular complexity index is 235. The van der Waals surface area contributed by atoms with Gasteiger partial charge in [0.15, 0.2) is 0 Å². The Labute approximate surface area is 147 Å². The minimum absolute atomic E-state index is 0.546. The summed E-state index contributed by atoms with van der Waals surface area (Å²) in [6, 6.07) is 0. The second-order valence-electron chi connectivity index (χ2n) is 5.51. The number of ether oxygens (including phenoxy) is 5. The highest BCUT2D eigenvalue weighted by Gasteiger charge is 1.97. The van der Waals surface area contributed by atoms with Crippen LogP contribution < -0.4 is 5.73 Å². The van der Waals surface area contributed by atoms with Crippen molar-refractivity contribution in [2.75, 3.05) is 92.8 Å². The second kappa shape index (κ2) is 20.8. The first-order chi connectivity index (χ1) is 11.8. The van der Waals surface area contributed by atoms with Crippen LogP contribution in [0, 0.1) is 0 Å². The standard InChI is InChI=1S/C17H38N2O5/c1-3-4-6-19(2)7-9-21-11-13-23-15-17-24-16-14-22-12-10-20-8-5-18/h3-18H2,1-2H3. The van der Waals surface area contributed by atoms with E-state index in [1.807, 2.05) is 0 Å². The van der Waals surface area contributed by atoms with E-state index in [9.17, 15) is 0 Å². The monoisotopic (exact) mass is 350 g/mol. The predicted octanol–water partition coefficient (Wildman–Crippen LogP) is 0.760. The van der Waals surface area contributed by atoms with Crippen LogP contribution in [0.5, 0.6) is 0 Å². The van der Waals surface area contributed by atoms with E-state index >= 15 is 0 Å². The third-order valence-electron chi connectivity index (χ3n) is 3.26. The third-order valence-corrected chi connectivity index (χ3v) is 3.26. The molecule has 7 nitrogen and oxygen atoms in total. The highest BCUT2D eigenvalue weighted by Crippen LogP contribution is 1.91. The molecule has 7 heteroatoms. The summed E-state index contributed by atoms with van der Waals surface area (Å²) in [7, 11) is 2.13. The molecular formula is C17H38N2O5. The molecule has 0 atom stereocenters. The smallest absolute Gasteiger partial charge is 0.0701 e. The highest BCUT2D eigenvalue weighted by atomic mass is 16.6. The Morgan fingerprint density at radius 2 is 1.04 bits per heavy atom. The maximum Gasteiger partial charge on any atom is 0.0701 e. The lowest BCUT2D eigenvalue weighted by molar-refractivity contribution is -0.0114. The Balaban J connectivity index is 3.02. The Morgan fingerprint density at radius 3 is 1.46 bits per heavy atom. The molecule has 0 aromatic carbocycles. The van der Waals surface area contributed by atoms with E-state index in [1.165, 1.54) is 12.8 Å². The number of hydrogen-bond acceptors (Lipinski definition) is 7. The zero-order valence-corrected chi connectivity index (χ0v) is 15.7. The van der Waals surface area contributed by atoms with Crippen LogP contribution in [0.2, 0.25) is 0 Å². The average molecular weight is 351 g/mol. The first-order valence-electron chi connectivity index (χ1n) is 9.08. The van der Waals surface area contributed by atoms with Gasteiger partial charge < -0.3 is 34.3 Å². The van der Waals surface area contributed by atoms with E-state index in [1.54, 1.807) is 0 Å². The summed E-state index contributed by atoms with van der Waals surface area (Å²) in [6.07, 6.45) is 2.48. The fraction of sp³-hybridized carbons (Fsp3) is 1.00. The van der Waals surface area contributed by atoms with Crippen LogP contribution in [0.3, 0.4) is 0 Å². The Morgan fingerprint density at radius 1 is 0.625 bits per heavy atom. The van der Waals surface area contributed by atoms with Gasteiger partial charge in [0.05, 0.1) is 66.1 Å². The lowest BCUT2D eigenvalue weighted by Crippen LogP contribution is -2.24. The summed E-state index contributed by atoms with van der Waals surface area (Å²) in [4.78, 5) is 2.30. The molecule has 0 aliphatic heterocycles. The summed E-state index contributed by atoms with van der Waals surface area (Å²) >= 11 is 0. The molecule has 0 aromatic heterocycles. The van der Waals surface area contributed by atoms with Crippen LogP contribution >= 0.6 is 0 Å². The molecule has 0 unspecified atom stereocenters. The van der Waals surface area contributed by atoms with Gasteiger partial charge >= 0.3 is 0 Å². The van der Waals surface area contributed by atoms with Crippen molar-refractivity contribution >= 4 is 0 Å². The fourth-order valence-corrected chi connectivity index (χ4v) is 1.83. The maximum atomic E-state index is 5.54. The largest absolute Gasteiger partial charge is 0.378 e. The summed E-state index contributed by atoms with van der Waals surface area (Å²) in [5.41, 5.74) is 5.30. The lowest BCUT2D eigenvalue weighted by Gasteiger charge is -2.15. The number of nitrogens with two attached hydrogens (primary N) is 1. The Hall–Kier alpha value is -0.280. The molecule has 146 valence electrons. The van der Waals surface area contributed by atoms with Gasteiger partial charge in [-0.25, -0.2) is 0 Å². The first-order valence-corrected chi connectivity index (χ1v) is 9.08. The van der Waals surface area contributed by atoms with E-state index in [2.05, 4.69) is 18.9 Å². The van der Waals surface area contributed by atoms with Gasteiger partial charge in [-0.05, 0) is 20.0 Å². The van der Waals surface area contributed by atoms with Crippen molar-refractivity contribution in [2.45, 2.75) is 19.8 Å². The predicted molar refractivity (Wildman–Crippen MR) is 95.6 cm³/mol. The van der Waals surface area contributed by atoms with Crippen molar-refractivity contribution in [1.29, 1.82) is 0 Å². The lowest BCUT2D eigenvalue weighted by atomic mass is 10.3. The number of unbranched alkanes of at least 4 members (excludes halogenated alkanes) is 1. The molecule has 0 rings (SSSR count). The van der Waals surface area contributed by atoms with Gasteiger partial charge in [0.25, 0.3) is 0 Å². The molecule has 0 aliphatic rings. The molecule has 0 saturated heterocycles. The summed E-state index contributed by atoms with van der Waals surface area (Å²) in [5.74, 6) is 0. The minimum Gasteiger partial charge on any atom is -0.378 e. The van der Waals surface area contributed by atoms with Gasteiger partial charge in [0, 0.05) is 13.1 Å². The van der Waals surface area contributed by atoms with Crippen molar-refractivity contribution in [3.63, 3.8) is 0 Å². The SMILES string of the molecule is CCCCN(C)CCOCCOCCOCCOCCOCCN. The van der Waals surface area contributed by atoms with E-state index < -0.39 is 0 Å². The maximum absolute atomic E-state index is 5.54. The van der Waals surface area contributed by atoms with Gasteiger partial charge in [0.1, 0.15) is 0 Å². The average Bonchev–Trinajstić information content (AvgIpc) is 2.59. The normalized spacial score (nSPS) is 11.5. The van der Waals surface area contributed by atoms with Crippen molar-refractivity contribution in [3.05, 3.63) is 0 Å². The molecule has 2 N–H and O–H groups in total. The zero-order chi connectivity index (χ0) is 17.7. The molecule has 0 aliphatic carbocycles. The van der Waals surface area contributed by atoms with E-state index in [4.69, 9.17) is 29.4 Å². The molecule has 0 heterocycles. The number of nitrogens with zero attached hydrogens (tertiary/aromatic N) is 1. The Kier molecular flexibility index (Phi) is 20.5. The third kappa shape index (κ3) is 19.8. The zero-order valence-electron chi connectivity index (χ0n) is 15.7. The number of likely N-dealkylation sites (N-methyl/N-ethyl adjacent to an activating group) is 1. The van der Waals surface area contributed by atoms with Crippen molar-refractivity contribution in [3.8, 4) is 0 Å². The van der Waals surface area contributed by atoms with E-state index in [-0.39, 0.29) is 0 Å². The van der Waals surface area contributed by atoms with Gasteiger partial charge in [0.2, 0.25) is 0 Å². The van der Waals surface area contributed by atoms with Gasteiger partial charge in [-0.2, -0.15) is 0 Å². The van der Waals surface area contributed by atoms with Crippen molar-refractivity contribution in [1.82, 2.24) is 4.90 Å². The van der Waals surface area contributed by atoms with Gasteiger partial charge in [-0.15, -0.1) is 0 Å². The summed E-state index contributed by atoms with van der Waals surface area (Å²) in [6.45, 7) is 10.9. The van der Waals surface area contributed by atoms with Crippen LogP contribution in [0.1, 0.15) is 19.8 Å².